The van der Waals surface area contributed by atoms with Gasteiger partial charge in [0.1, 0.15) is 0 Å². The lowest BCUT2D eigenvalue weighted by Gasteiger charge is -2.11. The minimum absolute atomic E-state index is 0.261. The van der Waals surface area contributed by atoms with Gasteiger partial charge >= 0.3 is 0 Å². The number of anilines is 1. The van der Waals surface area contributed by atoms with E-state index in [0.717, 1.165) is 22.4 Å². The standard InChI is InChI=1S/C19H19N3O3/c1-12-3-4-17(13(2)7-12)22-9-15(8-20-22)21-19(23)18-16-5-6-24-10-14(16)11-25-18/h3-4,7-9,11H,5-6,10H2,1-2H3,(H,21,23). The van der Waals surface area contributed by atoms with Gasteiger partial charge in [0.15, 0.2) is 5.76 Å². The smallest absolute Gasteiger partial charge is 0.291 e. The minimum atomic E-state index is -0.261. The number of ether oxygens (including phenoxy) is 1. The van der Waals surface area contributed by atoms with Crippen LogP contribution in [0.4, 0.5) is 5.69 Å². The Bertz CT molecular complexity index is 939. The van der Waals surface area contributed by atoms with Crippen LogP contribution in [0.25, 0.3) is 5.69 Å². The third kappa shape index (κ3) is 2.96. The summed E-state index contributed by atoms with van der Waals surface area (Å²) < 4.78 is 12.6. The first kappa shape index (κ1) is 15.7. The summed E-state index contributed by atoms with van der Waals surface area (Å²) in [5.41, 5.74) is 5.82. The molecule has 1 aromatic carbocycles. The molecule has 0 spiro atoms. The maximum atomic E-state index is 12.5. The summed E-state index contributed by atoms with van der Waals surface area (Å²) in [4.78, 5) is 12.5. The lowest BCUT2D eigenvalue weighted by molar-refractivity contribution is 0.0988. The molecule has 0 radical (unpaired) electrons. The molecule has 3 heterocycles. The average molecular weight is 337 g/mol. The molecule has 0 atom stereocenters. The molecule has 3 aromatic rings. The summed E-state index contributed by atoms with van der Waals surface area (Å²) in [5, 5.41) is 7.21. The zero-order valence-corrected chi connectivity index (χ0v) is 14.2. The first-order valence-electron chi connectivity index (χ1n) is 8.22. The van der Waals surface area contributed by atoms with Gasteiger partial charge in [-0.2, -0.15) is 5.10 Å². The molecular formula is C19H19N3O3. The topological polar surface area (TPSA) is 69.3 Å². The number of carbonyl (C=O) groups excluding carboxylic acids is 1. The Labute approximate surface area is 145 Å². The van der Waals surface area contributed by atoms with E-state index < -0.39 is 0 Å². The summed E-state index contributed by atoms with van der Waals surface area (Å²) in [6.45, 7) is 5.20. The fraction of sp³-hybridized carbons (Fsp3) is 0.263. The van der Waals surface area contributed by atoms with Crippen LogP contribution in [-0.4, -0.2) is 22.3 Å². The van der Waals surface area contributed by atoms with Gasteiger partial charge in [-0.1, -0.05) is 17.7 Å². The van der Waals surface area contributed by atoms with E-state index in [9.17, 15) is 4.79 Å². The maximum absolute atomic E-state index is 12.5. The van der Waals surface area contributed by atoms with Crippen LogP contribution in [0.2, 0.25) is 0 Å². The third-order valence-electron chi connectivity index (χ3n) is 4.38. The van der Waals surface area contributed by atoms with E-state index >= 15 is 0 Å². The average Bonchev–Trinajstić information content (AvgIpc) is 3.21. The monoisotopic (exact) mass is 337 g/mol. The first-order valence-corrected chi connectivity index (χ1v) is 8.22. The number of rotatable bonds is 3. The number of nitrogens with one attached hydrogen (secondary N) is 1. The van der Waals surface area contributed by atoms with Crippen molar-refractivity contribution < 1.29 is 13.9 Å². The van der Waals surface area contributed by atoms with Crippen molar-refractivity contribution in [1.82, 2.24) is 9.78 Å². The molecule has 4 rings (SSSR count). The molecule has 1 amide bonds. The molecule has 0 saturated carbocycles. The molecular weight excluding hydrogens is 318 g/mol. The number of benzene rings is 1. The lowest BCUT2D eigenvalue weighted by atomic mass is 10.1. The van der Waals surface area contributed by atoms with E-state index in [0.29, 0.717) is 31.1 Å². The summed E-state index contributed by atoms with van der Waals surface area (Å²) in [5.74, 6) is 0.0981. The fourth-order valence-corrected chi connectivity index (χ4v) is 3.13. The molecule has 1 aliphatic rings. The third-order valence-corrected chi connectivity index (χ3v) is 4.38. The van der Waals surface area contributed by atoms with Gasteiger partial charge in [0, 0.05) is 17.5 Å². The van der Waals surface area contributed by atoms with Crippen LogP contribution in [0.3, 0.4) is 0 Å². The number of aromatic nitrogens is 2. The van der Waals surface area contributed by atoms with Gasteiger partial charge in [0.25, 0.3) is 5.91 Å². The zero-order chi connectivity index (χ0) is 17.4. The Morgan fingerprint density at radius 2 is 2.20 bits per heavy atom. The van der Waals surface area contributed by atoms with Crippen molar-refractivity contribution in [2.45, 2.75) is 26.9 Å². The molecule has 6 nitrogen and oxygen atoms in total. The van der Waals surface area contributed by atoms with Gasteiger partial charge < -0.3 is 14.5 Å². The Morgan fingerprint density at radius 3 is 3.04 bits per heavy atom. The minimum Gasteiger partial charge on any atom is -0.458 e. The van der Waals surface area contributed by atoms with E-state index in [1.807, 2.05) is 19.1 Å². The highest BCUT2D eigenvalue weighted by Crippen LogP contribution is 2.24. The van der Waals surface area contributed by atoms with Crippen molar-refractivity contribution in [3.05, 3.63) is 64.9 Å². The molecule has 128 valence electrons. The number of hydrogen-bond acceptors (Lipinski definition) is 4. The van der Waals surface area contributed by atoms with Crippen LogP contribution in [0.1, 0.15) is 32.8 Å². The van der Waals surface area contributed by atoms with Gasteiger partial charge in [-0.25, -0.2) is 4.68 Å². The molecule has 0 saturated heterocycles. The van der Waals surface area contributed by atoms with Gasteiger partial charge in [-0.3, -0.25) is 4.79 Å². The van der Waals surface area contributed by atoms with Crippen LogP contribution >= 0.6 is 0 Å². The quantitative estimate of drug-likeness (QED) is 0.795. The SMILES string of the molecule is Cc1ccc(-n2cc(NC(=O)c3occ4c3CCOC4)cn2)c(C)c1. The second-order valence-electron chi connectivity index (χ2n) is 6.29. The van der Waals surface area contributed by atoms with Crippen molar-refractivity contribution >= 4 is 11.6 Å². The molecule has 0 aliphatic carbocycles. The molecule has 6 heteroatoms. The van der Waals surface area contributed by atoms with Gasteiger partial charge in [-0.05, 0) is 25.5 Å². The van der Waals surface area contributed by atoms with E-state index in [2.05, 4.69) is 23.4 Å². The zero-order valence-electron chi connectivity index (χ0n) is 14.2. The van der Waals surface area contributed by atoms with Crippen LogP contribution in [0.5, 0.6) is 0 Å². The van der Waals surface area contributed by atoms with Crippen LogP contribution in [0.15, 0.2) is 41.3 Å². The highest BCUT2D eigenvalue weighted by atomic mass is 16.5. The highest BCUT2D eigenvalue weighted by molar-refractivity contribution is 6.03. The highest BCUT2D eigenvalue weighted by Gasteiger charge is 2.23. The second kappa shape index (κ2) is 6.22. The molecule has 25 heavy (non-hydrogen) atoms. The lowest BCUT2D eigenvalue weighted by Crippen LogP contribution is -2.16. The number of amides is 1. The van der Waals surface area contributed by atoms with Crippen LogP contribution < -0.4 is 5.32 Å². The molecule has 0 unspecified atom stereocenters. The number of carbonyl (C=O) groups is 1. The molecule has 0 bridgehead atoms. The predicted molar refractivity (Wildman–Crippen MR) is 93.1 cm³/mol. The van der Waals surface area contributed by atoms with Crippen molar-refractivity contribution in [3.63, 3.8) is 0 Å². The molecule has 2 aromatic heterocycles. The number of nitrogens with zero attached hydrogens (tertiary/aromatic N) is 2. The Kier molecular flexibility index (Phi) is 3.89. The normalized spacial score (nSPS) is 13.5. The van der Waals surface area contributed by atoms with Crippen molar-refractivity contribution in [2.75, 3.05) is 11.9 Å². The molecule has 1 aliphatic heterocycles. The van der Waals surface area contributed by atoms with E-state index in [-0.39, 0.29) is 5.91 Å². The van der Waals surface area contributed by atoms with Crippen LogP contribution in [0, 0.1) is 13.8 Å². The Balaban J connectivity index is 1.55. The van der Waals surface area contributed by atoms with Crippen molar-refractivity contribution in [1.29, 1.82) is 0 Å². The van der Waals surface area contributed by atoms with E-state index in [4.69, 9.17) is 9.15 Å². The van der Waals surface area contributed by atoms with E-state index in [1.54, 1.807) is 23.3 Å². The number of aryl methyl sites for hydroxylation is 2. The number of hydrogen-bond donors (Lipinski definition) is 1. The van der Waals surface area contributed by atoms with Crippen molar-refractivity contribution in [3.8, 4) is 5.69 Å². The summed E-state index contributed by atoms with van der Waals surface area (Å²) in [7, 11) is 0. The van der Waals surface area contributed by atoms with Gasteiger partial charge in [-0.15, -0.1) is 0 Å². The summed E-state index contributed by atoms with van der Waals surface area (Å²) in [6, 6.07) is 6.16. The van der Waals surface area contributed by atoms with Crippen molar-refractivity contribution in [2.24, 2.45) is 0 Å². The van der Waals surface area contributed by atoms with Gasteiger partial charge in [0.2, 0.25) is 0 Å². The largest absolute Gasteiger partial charge is 0.458 e. The first-order chi connectivity index (χ1) is 12.1. The van der Waals surface area contributed by atoms with Gasteiger partial charge in [0.05, 0.1) is 43.2 Å². The number of furan rings is 1. The molecule has 0 fully saturated rings. The Morgan fingerprint density at radius 1 is 1.32 bits per heavy atom. The fourth-order valence-electron chi connectivity index (χ4n) is 3.13. The predicted octanol–water partition coefficient (Wildman–Crippen LogP) is 3.41. The van der Waals surface area contributed by atoms with Crippen LogP contribution in [-0.2, 0) is 17.8 Å². The molecule has 1 N–H and O–H groups in total. The van der Waals surface area contributed by atoms with E-state index in [1.165, 1.54) is 5.56 Å². The Hall–Kier alpha value is -2.86. The second-order valence-corrected chi connectivity index (χ2v) is 6.29. The maximum Gasteiger partial charge on any atom is 0.291 e. The summed E-state index contributed by atoms with van der Waals surface area (Å²) in [6.07, 6.45) is 5.72. The summed E-state index contributed by atoms with van der Waals surface area (Å²) >= 11 is 0. The number of fused-ring (bicyclic) bond motifs is 1.